The van der Waals surface area contributed by atoms with Crippen LogP contribution in [0.15, 0.2) is 122 Å². The van der Waals surface area contributed by atoms with Crippen molar-refractivity contribution in [2.75, 3.05) is 19.8 Å². The Morgan fingerprint density at radius 1 is 0.329 bits per heavy atom. The number of allylic oxidation sites excluding steroid dienone is 20. The van der Waals surface area contributed by atoms with E-state index in [4.69, 9.17) is 14.2 Å². The number of carbonyl (C=O) groups excluding carboxylic acids is 2. The summed E-state index contributed by atoms with van der Waals surface area (Å²) in [4.78, 5) is 25.5. The van der Waals surface area contributed by atoms with Gasteiger partial charge in [-0.1, -0.05) is 251 Å². The van der Waals surface area contributed by atoms with Crippen LogP contribution in [0.1, 0.15) is 252 Å². The van der Waals surface area contributed by atoms with Gasteiger partial charge in [-0.25, -0.2) is 0 Å². The van der Waals surface area contributed by atoms with Crippen LogP contribution >= 0.6 is 0 Å². The van der Waals surface area contributed by atoms with Gasteiger partial charge in [0, 0.05) is 19.4 Å². The Hall–Kier alpha value is -3.70. The van der Waals surface area contributed by atoms with E-state index in [-0.39, 0.29) is 25.2 Å². The van der Waals surface area contributed by atoms with Crippen molar-refractivity contribution in [3.8, 4) is 0 Å². The molecule has 0 aliphatic heterocycles. The summed E-state index contributed by atoms with van der Waals surface area (Å²) < 4.78 is 17.4. The summed E-state index contributed by atoms with van der Waals surface area (Å²) in [5.41, 5.74) is 0. The van der Waals surface area contributed by atoms with Crippen molar-refractivity contribution in [1.82, 2.24) is 0 Å². The van der Waals surface area contributed by atoms with Gasteiger partial charge in [0.25, 0.3) is 0 Å². The summed E-state index contributed by atoms with van der Waals surface area (Å²) in [5, 5.41) is 0. The number of rotatable bonds is 52. The molecule has 0 spiro atoms. The molecule has 0 rings (SSSR count). The van der Waals surface area contributed by atoms with E-state index in [2.05, 4.69) is 142 Å². The van der Waals surface area contributed by atoms with E-state index in [9.17, 15) is 9.59 Å². The van der Waals surface area contributed by atoms with Gasteiger partial charge in [-0.15, -0.1) is 0 Å². The summed E-state index contributed by atoms with van der Waals surface area (Å²) in [6.45, 7) is 7.54. The maximum Gasteiger partial charge on any atom is 0.306 e. The van der Waals surface area contributed by atoms with E-state index in [1.807, 2.05) is 0 Å². The molecule has 0 fully saturated rings. The Balaban J connectivity index is 4.42. The first-order valence-electron chi connectivity index (χ1n) is 29.1. The SMILES string of the molecule is CC/C=C\C/C=C\C/C=C\C/C=C\C/C=C\CCCCCC(=O)OC[C@@H](COCCCCCCCCCCCCCCCCCC)OC(=O)CCCCC/C=C\C/C=C\C/C=C\C/C=C\C/C=C\CC. The van der Waals surface area contributed by atoms with Crippen LogP contribution in [0.4, 0.5) is 0 Å². The Bertz CT molecular complexity index is 1420. The quantitative estimate of drug-likeness (QED) is 0.0345. The average molecular weight is 970 g/mol. The van der Waals surface area contributed by atoms with Crippen molar-refractivity contribution in [2.45, 2.75) is 258 Å². The minimum absolute atomic E-state index is 0.0492. The van der Waals surface area contributed by atoms with Gasteiger partial charge in [-0.05, 0) is 109 Å². The Morgan fingerprint density at radius 2 is 0.643 bits per heavy atom. The van der Waals surface area contributed by atoms with E-state index >= 15 is 0 Å². The predicted molar refractivity (Wildman–Crippen MR) is 306 cm³/mol. The third kappa shape index (κ3) is 56.9. The maximum atomic E-state index is 12.9. The lowest BCUT2D eigenvalue weighted by molar-refractivity contribution is -0.163. The van der Waals surface area contributed by atoms with E-state index in [0.29, 0.717) is 19.4 Å². The van der Waals surface area contributed by atoms with Crippen LogP contribution in [0.2, 0.25) is 0 Å². The van der Waals surface area contributed by atoms with Gasteiger partial charge in [-0.2, -0.15) is 0 Å². The van der Waals surface area contributed by atoms with E-state index in [1.165, 1.54) is 89.9 Å². The zero-order chi connectivity index (χ0) is 50.6. The highest BCUT2D eigenvalue weighted by Gasteiger charge is 2.17. The molecular weight excluding hydrogens is 861 g/mol. The molecule has 5 nitrogen and oxygen atoms in total. The van der Waals surface area contributed by atoms with Crippen LogP contribution in [-0.4, -0.2) is 37.9 Å². The molecule has 70 heavy (non-hydrogen) atoms. The van der Waals surface area contributed by atoms with Crippen molar-refractivity contribution < 1.29 is 23.8 Å². The third-order valence-electron chi connectivity index (χ3n) is 12.0. The molecule has 0 heterocycles. The van der Waals surface area contributed by atoms with Crippen LogP contribution in [0.25, 0.3) is 0 Å². The van der Waals surface area contributed by atoms with E-state index in [1.54, 1.807) is 0 Å². The first-order chi connectivity index (χ1) is 34.6. The largest absolute Gasteiger partial charge is 0.462 e. The Kier molecular flexibility index (Phi) is 56.5. The van der Waals surface area contributed by atoms with Crippen LogP contribution in [0, 0.1) is 0 Å². The molecule has 0 N–H and O–H groups in total. The van der Waals surface area contributed by atoms with Crippen molar-refractivity contribution in [3.63, 3.8) is 0 Å². The highest BCUT2D eigenvalue weighted by molar-refractivity contribution is 5.70. The van der Waals surface area contributed by atoms with Crippen LogP contribution in [0.3, 0.4) is 0 Å². The molecule has 1 atom stereocenters. The van der Waals surface area contributed by atoms with Gasteiger partial charge in [-0.3, -0.25) is 9.59 Å². The zero-order valence-corrected chi connectivity index (χ0v) is 45.7. The summed E-state index contributed by atoms with van der Waals surface area (Å²) in [6.07, 6.45) is 83.6. The standard InChI is InChI=1S/C65H108O5/c1-4-7-10-13-16-19-22-25-28-31-33-35-37-40-43-46-49-52-55-58-64(66)69-62-63(61-68-60-57-54-51-48-45-42-39-30-27-24-21-18-15-12-9-6-3)70-65(67)59-56-53-50-47-44-41-38-36-34-32-29-26-23-20-17-14-11-8-5-2/h7-8,10-11,16-17,19-20,25-26,28-29,33-36,40-41,43-44,63H,4-6,9,12-15,18,21-24,27,30-32,37-39,42,45-62H2,1-3H3/b10-7-,11-8-,19-16-,20-17-,28-25-,29-26-,35-33-,36-34-,43-40-,44-41-/t63-/m1/s1. The van der Waals surface area contributed by atoms with Gasteiger partial charge in [0.15, 0.2) is 6.10 Å². The minimum atomic E-state index is -0.575. The second kappa shape index (κ2) is 59.6. The third-order valence-corrected chi connectivity index (χ3v) is 12.0. The predicted octanol–water partition coefficient (Wildman–Crippen LogP) is 20.1. The number of unbranched alkanes of at least 4 members (excludes halogenated alkanes) is 21. The Morgan fingerprint density at radius 3 is 1.01 bits per heavy atom. The van der Waals surface area contributed by atoms with Gasteiger partial charge in [0.2, 0.25) is 0 Å². The molecule has 0 amide bonds. The smallest absolute Gasteiger partial charge is 0.306 e. The molecule has 398 valence electrons. The fourth-order valence-corrected chi connectivity index (χ4v) is 7.74. The average Bonchev–Trinajstić information content (AvgIpc) is 3.36. The van der Waals surface area contributed by atoms with Crippen molar-refractivity contribution >= 4 is 11.9 Å². The number of hydrogen-bond acceptors (Lipinski definition) is 5. The molecule has 0 unspecified atom stereocenters. The van der Waals surface area contributed by atoms with Gasteiger partial charge in [0.05, 0.1) is 6.61 Å². The number of ether oxygens (including phenoxy) is 3. The number of carbonyl (C=O) groups is 2. The van der Waals surface area contributed by atoms with Crippen LogP contribution in [-0.2, 0) is 23.8 Å². The summed E-state index contributed by atoms with van der Waals surface area (Å²) in [6, 6.07) is 0. The summed E-state index contributed by atoms with van der Waals surface area (Å²) in [7, 11) is 0. The van der Waals surface area contributed by atoms with Crippen molar-refractivity contribution in [2.24, 2.45) is 0 Å². The van der Waals surface area contributed by atoms with E-state index < -0.39 is 6.10 Å². The number of hydrogen-bond donors (Lipinski definition) is 0. The lowest BCUT2D eigenvalue weighted by Gasteiger charge is -2.18. The van der Waals surface area contributed by atoms with Crippen LogP contribution in [0.5, 0.6) is 0 Å². The topological polar surface area (TPSA) is 61.8 Å². The summed E-state index contributed by atoms with van der Waals surface area (Å²) >= 11 is 0. The minimum Gasteiger partial charge on any atom is -0.462 e. The van der Waals surface area contributed by atoms with Crippen molar-refractivity contribution in [3.05, 3.63) is 122 Å². The fraction of sp³-hybridized carbons (Fsp3) is 0.662. The van der Waals surface area contributed by atoms with Crippen molar-refractivity contribution in [1.29, 1.82) is 0 Å². The first kappa shape index (κ1) is 66.3. The number of esters is 2. The lowest BCUT2D eigenvalue weighted by atomic mass is 10.0. The fourth-order valence-electron chi connectivity index (χ4n) is 7.74. The molecule has 0 aromatic heterocycles. The van der Waals surface area contributed by atoms with Crippen LogP contribution < -0.4 is 0 Å². The molecule has 0 aliphatic carbocycles. The van der Waals surface area contributed by atoms with E-state index in [0.717, 1.165) is 128 Å². The molecule has 5 heteroatoms. The molecule has 0 radical (unpaired) electrons. The first-order valence-corrected chi connectivity index (χ1v) is 29.1. The van der Waals surface area contributed by atoms with Gasteiger partial charge >= 0.3 is 11.9 Å². The molecule has 0 bridgehead atoms. The molecule has 0 saturated heterocycles. The second-order valence-corrected chi connectivity index (χ2v) is 18.8. The monoisotopic (exact) mass is 969 g/mol. The molecular formula is C65H108O5. The molecule has 0 aliphatic rings. The second-order valence-electron chi connectivity index (χ2n) is 18.8. The maximum absolute atomic E-state index is 12.9. The molecule has 0 aromatic rings. The summed E-state index contributed by atoms with van der Waals surface area (Å²) in [5.74, 6) is -0.472. The highest BCUT2D eigenvalue weighted by atomic mass is 16.6. The normalized spacial score (nSPS) is 13.1. The lowest BCUT2D eigenvalue weighted by Crippen LogP contribution is -2.30. The molecule has 0 aromatic carbocycles. The highest BCUT2D eigenvalue weighted by Crippen LogP contribution is 2.15. The van der Waals surface area contributed by atoms with Gasteiger partial charge < -0.3 is 14.2 Å². The van der Waals surface area contributed by atoms with Gasteiger partial charge in [0.1, 0.15) is 6.61 Å². The molecule has 0 saturated carbocycles. The zero-order valence-electron chi connectivity index (χ0n) is 45.7. The Labute approximate surface area is 433 Å².